The van der Waals surface area contributed by atoms with Crippen molar-refractivity contribution in [1.29, 1.82) is 0 Å². The molecule has 0 fully saturated rings. The molecule has 0 aliphatic heterocycles. The third-order valence-corrected chi connectivity index (χ3v) is 9.80. The first-order valence-electron chi connectivity index (χ1n) is 16.3. The summed E-state index contributed by atoms with van der Waals surface area (Å²) < 4.78 is 0. The molecule has 0 atom stereocenters. The van der Waals surface area contributed by atoms with Crippen molar-refractivity contribution >= 4 is 64.6 Å². The van der Waals surface area contributed by atoms with Crippen LogP contribution in [0.3, 0.4) is 0 Å². The predicted octanol–water partition coefficient (Wildman–Crippen LogP) is 11.8. The maximum atomic E-state index is 4.99. The zero-order valence-electron chi connectivity index (χ0n) is 25.9. The van der Waals surface area contributed by atoms with Crippen LogP contribution in [0.5, 0.6) is 0 Å². The second-order valence-electron chi connectivity index (χ2n) is 12.4. The topological polar surface area (TPSA) is 38.7 Å². The predicted molar refractivity (Wildman–Crippen MR) is 201 cm³/mol. The van der Waals surface area contributed by atoms with E-state index >= 15 is 0 Å². The van der Waals surface area contributed by atoms with Gasteiger partial charge in [0.25, 0.3) is 0 Å². The van der Waals surface area contributed by atoms with Crippen LogP contribution in [-0.4, -0.2) is 15.0 Å². The summed E-state index contributed by atoms with van der Waals surface area (Å²) in [4.78, 5) is 14.0. The Hall–Kier alpha value is -6.45. The van der Waals surface area contributed by atoms with Gasteiger partial charge >= 0.3 is 0 Å². The van der Waals surface area contributed by atoms with Crippen LogP contribution in [0.1, 0.15) is 0 Å². The number of pyridine rings is 1. The first-order chi connectivity index (χ1) is 23.8. The van der Waals surface area contributed by atoms with Crippen molar-refractivity contribution in [3.8, 4) is 33.8 Å². The molecule has 3 heteroatoms. The van der Waals surface area contributed by atoms with Gasteiger partial charge in [-0.05, 0) is 101 Å². The van der Waals surface area contributed by atoms with Crippen LogP contribution in [0.2, 0.25) is 0 Å². The molecule has 0 saturated heterocycles. The standard InChI is InChI=1S/C45H27N3/c1-2-10-34-32(8-1)33-9-3-4-11-35(33)42-25-29(15-19-38(34)42)44-21-17-31(27-48-44)28-14-18-39-40-20-16-30(45-46-22-7-23-47-45)26-43(40)37-13-6-5-12-36(37)41(39)24-28/h1-27H. The van der Waals surface area contributed by atoms with Crippen molar-refractivity contribution in [1.82, 2.24) is 15.0 Å². The quantitative estimate of drug-likeness (QED) is 0.187. The number of benzene rings is 8. The van der Waals surface area contributed by atoms with Crippen LogP contribution in [0.4, 0.5) is 0 Å². The summed E-state index contributed by atoms with van der Waals surface area (Å²) in [5, 5.41) is 15.0. The summed E-state index contributed by atoms with van der Waals surface area (Å²) in [6.45, 7) is 0. The minimum atomic E-state index is 0.736. The van der Waals surface area contributed by atoms with E-state index in [0.717, 1.165) is 33.8 Å². The average molecular weight is 610 g/mol. The number of hydrogen-bond acceptors (Lipinski definition) is 3. The van der Waals surface area contributed by atoms with Gasteiger partial charge in [-0.1, -0.05) is 115 Å². The number of aromatic nitrogens is 3. The molecule has 2 heterocycles. The van der Waals surface area contributed by atoms with E-state index in [2.05, 4.69) is 149 Å². The van der Waals surface area contributed by atoms with Crippen LogP contribution in [0, 0.1) is 0 Å². The fourth-order valence-corrected chi connectivity index (χ4v) is 7.53. The zero-order valence-corrected chi connectivity index (χ0v) is 25.9. The number of fused-ring (bicyclic) bond motifs is 12. The summed E-state index contributed by atoms with van der Waals surface area (Å²) in [6.07, 6.45) is 5.59. The molecule has 3 nitrogen and oxygen atoms in total. The summed E-state index contributed by atoms with van der Waals surface area (Å²) in [5.74, 6) is 0.736. The third-order valence-electron chi connectivity index (χ3n) is 9.80. The highest BCUT2D eigenvalue weighted by Gasteiger charge is 2.13. The summed E-state index contributed by atoms with van der Waals surface area (Å²) in [6, 6.07) is 52.4. The Morgan fingerprint density at radius 2 is 0.667 bits per heavy atom. The van der Waals surface area contributed by atoms with E-state index in [1.165, 1.54) is 64.6 Å². The van der Waals surface area contributed by atoms with Gasteiger partial charge in [-0.3, -0.25) is 4.98 Å². The van der Waals surface area contributed by atoms with Crippen LogP contribution in [-0.2, 0) is 0 Å². The van der Waals surface area contributed by atoms with Crippen molar-refractivity contribution in [2.45, 2.75) is 0 Å². The molecule has 10 aromatic rings. The van der Waals surface area contributed by atoms with E-state index in [9.17, 15) is 0 Å². The molecule has 0 radical (unpaired) electrons. The Balaban J connectivity index is 1.08. The van der Waals surface area contributed by atoms with Crippen LogP contribution < -0.4 is 0 Å². The molecule has 2 aromatic heterocycles. The Labute approximate surface area is 276 Å². The fourth-order valence-electron chi connectivity index (χ4n) is 7.53. The molecule has 0 aliphatic carbocycles. The van der Waals surface area contributed by atoms with Gasteiger partial charge < -0.3 is 0 Å². The highest BCUT2D eigenvalue weighted by atomic mass is 14.8. The fraction of sp³-hybridized carbons (Fsp3) is 0. The second-order valence-corrected chi connectivity index (χ2v) is 12.4. The highest BCUT2D eigenvalue weighted by molar-refractivity contribution is 6.27. The van der Waals surface area contributed by atoms with E-state index in [1.807, 2.05) is 12.3 Å². The van der Waals surface area contributed by atoms with Crippen molar-refractivity contribution in [2.24, 2.45) is 0 Å². The lowest BCUT2D eigenvalue weighted by molar-refractivity contribution is 1.18. The minimum absolute atomic E-state index is 0.736. The van der Waals surface area contributed by atoms with Crippen LogP contribution in [0.15, 0.2) is 164 Å². The molecule has 0 aliphatic rings. The van der Waals surface area contributed by atoms with Crippen molar-refractivity contribution < 1.29 is 0 Å². The van der Waals surface area contributed by atoms with Gasteiger partial charge in [-0.2, -0.15) is 0 Å². The third kappa shape index (κ3) is 4.11. The van der Waals surface area contributed by atoms with E-state index in [4.69, 9.17) is 4.98 Å². The first kappa shape index (κ1) is 26.7. The minimum Gasteiger partial charge on any atom is -0.256 e. The van der Waals surface area contributed by atoms with Gasteiger partial charge in [-0.25, -0.2) is 9.97 Å². The maximum absolute atomic E-state index is 4.99. The van der Waals surface area contributed by atoms with Gasteiger partial charge in [0.2, 0.25) is 0 Å². The first-order valence-corrected chi connectivity index (χ1v) is 16.3. The van der Waals surface area contributed by atoms with E-state index in [1.54, 1.807) is 12.4 Å². The molecule has 0 unspecified atom stereocenters. The Bertz CT molecular complexity index is 2820. The molecule has 48 heavy (non-hydrogen) atoms. The lowest BCUT2D eigenvalue weighted by atomic mass is 9.91. The molecule has 222 valence electrons. The van der Waals surface area contributed by atoms with Crippen LogP contribution in [0.25, 0.3) is 98.4 Å². The van der Waals surface area contributed by atoms with E-state index in [0.29, 0.717) is 0 Å². The summed E-state index contributed by atoms with van der Waals surface area (Å²) in [7, 11) is 0. The normalized spacial score (nSPS) is 11.8. The number of nitrogens with zero attached hydrogens (tertiary/aromatic N) is 3. The molecule has 0 amide bonds. The lowest BCUT2D eigenvalue weighted by Crippen LogP contribution is -1.90. The van der Waals surface area contributed by atoms with E-state index in [-0.39, 0.29) is 0 Å². The van der Waals surface area contributed by atoms with Gasteiger partial charge in [0.05, 0.1) is 5.69 Å². The molecule has 10 rings (SSSR count). The second kappa shape index (κ2) is 10.5. The van der Waals surface area contributed by atoms with Crippen molar-refractivity contribution in [2.75, 3.05) is 0 Å². The van der Waals surface area contributed by atoms with Crippen molar-refractivity contribution in [3.63, 3.8) is 0 Å². The number of rotatable bonds is 3. The molecular formula is C45H27N3. The summed E-state index contributed by atoms with van der Waals surface area (Å²) >= 11 is 0. The molecule has 0 bridgehead atoms. The summed E-state index contributed by atoms with van der Waals surface area (Å²) in [5.41, 5.74) is 5.34. The molecule has 0 saturated carbocycles. The van der Waals surface area contributed by atoms with Gasteiger partial charge in [0, 0.05) is 35.3 Å². The Morgan fingerprint density at radius 3 is 1.17 bits per heavy atom. The molecule has 8 aromatic carbocycles. The Morgan fingerprint density at radius 1 is 0.271 bits per heavy atom. The van der Waals surface area contributed by atoms with E-state index < -0.39 is 0 Å². The molecule has 0 N–H and O–H groups in total. The average Bonchev–Trinajstić information content (AvgIpc) is 3.18. The molecule has 0 spiro atoms. The largest absolute Gasteiger partial charge is 0.256 e. The zero-order chi connectivity index (χ0) is 31.6. The SMILES string of the molecule is c1cnc(-c2ccc3c4ccc(-c5ccc(-c6ccc7c8ccccc8c8ccccc8c7c6)nc5)cc4c4ccccc4c3c2)nc1. The lowest BCUT2D eigenvalue weighted by Gasteiger charge is -2.13. The monoisotopic (exact) mass is 609 g/mol. The van der Waals surface area contributed by atoms with Gasteiger partial charge in [-0.15, -0.1) is 0 Å². The van der Waals surface area contributed by atoms with Gasteiger partial charge in [0.1, 0.15) is 0 Å². The molecular weight excluding hydrogens is 583 g/mol. The van der Waals surface area contributed by atoms with Crippen molar-refractivity contribution in [3.05, 3.63) is 164 Å². The highest BCUT2D eigenvalue weighted by Crippen LogP contribution is 2.40. The van der Waals surface area contributed by atoms with Crippen LogP contribution >= 0.6 is 0 Å². The smallest absolute Gasteiger partial charge is 0.159 e. The maximum Gasteiger partial charge on any atom is 0.159 e. The van der Waals surface area contributed by atoms with Gasteiger partial charge in [0.15, 0.2) is 5.82 Å². The Kier molecular flexibility index (Phi) is 5.87. The number of hydrogen-bond donors (Lipinski definition) is 0.